The lowest BCUT2D eigenvalue weighted by Crippen LogP contribution is -2.43. The molecule has 2 heterocycles. The minimum Gasteiger partial charge on any atom is -0.477 e. The van der Waals surface area contributed by atoms with Crippen LogP contribution < -0.4 is 0 Å². The van der Waals surface area contributed by atoms with Gasteiger partial charge in [-0.15, -0.1) is 0 Å². The number of amides is 1. The second-order valence-corrected chi connectivity index (χ2v) is 5.09. The smallest absolute Gasteiger partial charge is 0.354 e. The highest BCUT2D eigenvalue weighted by molar-refractivity contribution is 5.94. The highest BCUT2D eigenvalue weighted by Crippen LogP contribution is 2.29. The third-order valence-electron chi connectivity index (χ3n) is 3.33. The normalized spacial score (nSPS) is 17.8. The van der Waals surface area contributed by atoms with E-state index in [1.807, 2.05) is 13.8 Å². The quantitative estimate of drug-likeness (QED) is 0.866. The van der Waals surface area contributed by atoms with Crippen molar-refractivity contribution >= 4 is 11.9 Å². The molecule has 1 aliphatic rings. The molecule has 0 atom stereocenters. The molecular formula is C13H16N2O3. The SMILES string of the molecule is CC1(C)CCCN1C(=O)c1cccc(C(=O)O)n1. The lowest BCUT2D eigenvalue weighted by Gasteiger charge is -2.31. The zero-order valence-electron chi connectivity index (χ0n) is 10.5. The van der Waals surface area contributed by atoms with Gasteiger partial charge in [0.25, 0.3) is 5.91 Å². The number of hydrogen-bond acceptors (Lipinski definition) is 3. The minimum absolute atomic E-state index is 0.0992. The van der Waals surface area contributed by atoms with Gasteiger partial charge in [-0.1, -0.05) is 6.07 Å². The summed E-state index contributed by atoms with van der Waals surface area (Å²) in [6.45, 7) is 4.72. The van der Waals surface area contributed by atoms with E-state index >= 15 is 0 Å². The number of carboxylic acids is 1. The van der Waals surface area contributed by atoms with E-state index in [2.05, 4.69) is 4.98 Å². The molecule has 1 fully saturated rings. The number of aromatic carboxylic acids is 1. The summed E-state index contributed by atoms with van der Waals surface area (Å²) in [4.78, 5) is 28.8. The zero-order chi connectivity index (χ0) is 13.3. The summed E-state index contributed by atoms with van der Waals surface area (Å²) in [6, 6.07) is 4.49. The summed E-state index contributed by atoms with van der Waals surface area (Å²) in [5.41, 5.74) is -0.0828. The van der Waals surface area contributed by atoms with Crippen molar-refractivity contribution in [2.24, 2.45) is 0 Å². The van der Waals surface area contributed by atoms with Crippen LogP contribution in [-0.2, 0) is 0 Å². The van der Waals surface area contributed by atoms with Crippen molar-refractivity contribution in [2.45, 2.75) is 32.2 Å². The van der Waals surface area contributed by atoms with Crippen LogP contribution in [0.4, 0.5) is 0 Å². The number of pyridine rings is 1. The van der Waals surface area contributed by atoms with Crippen LogP contribution in [0.3, 0.4) is 0 Å². The number of carbonyl (C=O) groups is 2. The van der Waals surface area contributed by atoms with Gasteiger partial charge in [0.1, 0.15) is 11.4 Å². The minimum atomic E-state index is -1.12. The Bertz CT molecular complexity index is 497. The third-order valence-corrected chi connectivity index (χ3v) is 3.33. The number of carboxylic acid groups (broad SMARTS) is 1. The van der Waals surface area contributed by atoms with Gasteiger partial charge in [0.2, 0.25) is 0 Å². The molecule has 1 aromatic heterocycles. The molecule has 0 bridgehead atoms. The maximum absolute atomic E-state index is 12.3. The monoisotopic (exact) mass is 248 g/mol. The van der Waals surface area contributed by atoms with Crippen LogP contribution in [0.1, 0.15) is 47.7 Å². The van der Waals surface area contributed by atoms with Gasteiger partial charge in [-0.2, -0.15) is 0 Å². The van der Waals surface area contributed by atoms with E-state index < -0.39 is 5.97 Å². The molecule has 0 aliphatic carbocycles. The molecule has 5 nitrogen and oxygen atoms in total. The van der Waals surface area contributed by atoms with Gasteiger partial charge in [0.15, 0.2) is 0 Å². The Balaban J connectivity index is 2.29. The third kappa shape index (κ3) is 2.20. The molecule has 0 unspecified atom stereocenters. The number of hydrogen-bond donors (Lipinski definition) is 1. The molecule has 0 saturated carbocycles. The molecule has 2 rings (SSSR count). The predicted molar refractivity (Wildman–Crippen MR) is 65.5 cm³/mol. The molecule has 1 N–H and O–H groups in total. The van der Waals surface area contributed by atoms with Gasteiger partial charge in [-0.25, -0.2) is 9.78 Å². The first kappa shape index (κ1) is 12.5. The van der Waals surface area contributed by atoms with Gasteiger partial charge in [-0.05, 0) is 38.8 Å². The zero-order valence-corrected chi connectivity index (χ0v) is 10.5. The Labute approximate surface area is 105 Å². The fourth-order valence-electron chi connectivity index (χ4n) is 2.30. The van der Waals surface area contributed by atoms with Gasteiger partial charge in [0.05, 0.1) is 0 Å². The number of nitrogens with zero attached hydrogens (tertiary/aromatic N) is 2. The predicted octanol–water partition coefficient (Wildman–Crippen LogP) is 1.79. The number of carbonyl (C=O) groups excluding carboxylic acids is 1. The summed E-state index contributed by atoms with van der Waals surface area (Å²) < 4.78 is 0. The fraction of sp³-hybridized carbons (Fsp3) is 0.462. The topological polar surface area (TPSA) is 70.5 Å². The number of likely N-dealkylation sites (tertiary alicyclic amines) is 1. The number of aromatic nitrogens is 1. The molecule has 1 aromatic rings. The van der Waals surface area contributed by atoms with Crippen LogP contribution in [0.5, 0.6) is 0 Å². The van der Waals surface area contributed by atoms with E-state index in [0.29, 0.717) is 6.54 Å². The molecule has 0 radical (unpaired) electrons. The molecule has 18 heavy (non-hydrogen) atoms. The van der Waals surface area contributed by atoms with Crippen molar-refractivity contribution in [3.63, 3.8) is 0 Å². The van der Waals surface area contributed by atoms with Crippen LogP contribution >= 0.6 is 0 Å². The first-order valence-electron chi connectivity index (χ1n) is 5.94. The molecule has 1 aliphatic heterocycles. The van der Waals surface area contributed by atoms with E-state index in [4.69, 9.17) is 5.11 Å². The Morgan fingerprint density at radius 3 is 2.56 bits per heavy atom. The highest BCUT2D eigenvalue weighted by Gasteiger charge is 2.36. The first-order valence-corrected chi connectivity index (χ1v) is 5.94. The van der Waals surface area contributed by atoms with E-state index in [1.165, 1.54) is 6.07 Å². The average Bonchev–Trinajstić information content (AvgIpc) is 2.68. The molecule has 1 amide bonds. The standard InChI is InChI=1S/C13H16N2O3/c1-13(2)7-4-8-15(13)11(16)9-5-3-6-10(14-9)12(17)18/h3,5-6H,4,7-8H2,1-2H3,(H,17,18). The number of rotatable bonds is 2. The van der Waals surface area contributed by atoms with E-state index in [-0.39, 0.29) is 22.8 Å². The van der Waals surface area contributed by atoms with Crippen molar-refractivity contribution in [1.82, 2.24) is 9.88 Å². The van der Waals surface area contributed by atoms with Crippen LogP contribution in [-0.4, -0.2) is 39.0 Å². The van der Waals surface area contributed by atoms with Crippen LogP contribution in [0.25, 0.3) is 0 Å². The average molecular weight is 248 g/mol. The molecule has 5 heteroatoms. The van der Waals surface area contributed by atoms with E-state index in [9.17, 15) is 9.59 Å². The fourth-order valence-corrected chi connectivity index (χ4v) is 2.30. The maximum Gasteiger partial charge on any atom is 0.354 e. The Hall–Kier alpha value is -1.91. The highest BCUT2D eigenvalue weighted by atomic mass is 16.4. The Kier molecular flexibility index (Phi) is 3.07. The summed E-state index contributed by atoms with van der Waals surface area (Å²) in [5, 5.41) is 8.87. The van der Waals surface area contributed by atoms with E-state index in [1.54, 1.807) is 17.0 Å². The van der Waals surface area contributed by atoms with Crippen molar-refractivity contribution in [3.05, 3.63) is 29.6 Å². The van der Waals surface area contributed by atoms with Gasteiger partial charge < -0.3 is 10.0 Å². The van der Waals surface area contributed by atoms with Crippen LogP contribution in [0.15, 0.2) is 18.2 Å². The summed E-state index contributed by atoms with van der Waals surface area (Å²) in [6.07, 6.45) is 1.93. The maximum atomic E-state index is 12.3. The summed E-state index contributed by atoms with van der Waals surface area (Å²) in [7, 11) is 0. The van der Waals surface area contributed by atoms with Crippen molar-refractivity contribution in [1.29, 1.82) is 0 Å². The molecule has 1 saturated heterocycles. The second kappa shape index (κ2) is 4.40. The summed E-state index contributed by atoms with van der Waals surface area (Å²) >= 11 is 0. The largest absolute Gasteiger partial charge is 0.477 e. The second-order valence-electron chi connectivity index (χ2n) is 5.09. The lowest BCUT2D eigenvalue weighted by atomic mass is 10.0. The molecule has 96 valence electrons. The van der Waals surface area contributed by atoms with Crippen molar-refractivity contribution in [2.75, 3.05) is 6.54 Å². The molecule has 0 spiro atoms. The van der Waals surface area contributed by atoms with Crippen LogP contribution in [0.2, 0.25) is 0 Å². The van der Waals surface area contributed by atoms with Crippen molar-refractivity contribution in [3.8, 4) is 0 Å². The summed E-state index contributed by atoms with van der Waals surface area (Å²) in [5.74, 6) is -1.31. The molecular weight excluding hydrogens is 232 g/mol. The Morgan fingerprint density at radius 1 is 1.33 bits per heavy atom. The van der Waals surface area contributed by atoms with E-state index in [0.717, 1.165) is 12.8 Å². The van der Waals surface area contributed by atoms with Crippen LogP contribution in [0, 0.1) is 0 Å². The molecule has 0 aromatic carbocycles. The van der Waals surface area contributed by atoms with Gasteiger partial charge in [0, 0.05) is 12.1 Å². The lowest BCUT2D eigenvalue weighted by molar-refractivity contribution is 0.0645. The van der Waals surface area contributed by atoms with Gasteiger partial charge >= 0.3 is 5.97 Å². The Morgan fingerprint density at radius 2 is 2.00 bits per heavy atom. The first-order chi connectivity index (χ1) is 8.42. The van der Waals surface area contributed by atoms with Crippen molar-refractivity contribution < 1.29 is 14.7 Å². The van der Waals surface area contributed by atoms with Gasteiger partial charge in [-0.3, -0.25) is 4.79 Å².